The first-order valence-corrected chi connectivity index (χ1v) is 7.29. The molecule has 0 atom stereocenters. The van der Waals surface area contributed by atoms with Crippen molar-refractivity contribution in [3.05, 3.63) is 52.6 Å². The Hall–Kier alpha value is -2.47. The second-order valence-electron chi connectivity index (χ2n) is 6.05. The molecule has 0 aromatic carbocycles. The largest absolute Gasteiger partial charge is 0.364 e. The van der Waals surface area contributed by atoms with E-state index in [-0.39, 0.29) is 16.7 Å². The number of pyridine rings is 2. The van der Waals surface area contributed by atoms with E-state index in [2.05, 4.69) is 15.3 Å². The van der Waals surface area contributed by atoms with Crippen LogP contribution in [0.1, 0.15) is 47.3 Å². The molecule has 0 aliphatic rings. The Kier molecular flexibility index (Phi) is 4.65. The molecule has 2 aromatic rings. The van der Waals surface area contributed by atoms with E-state index in [0.717, 1.165) is 5.69 Å². The van der Waals surface area contributed by atoms with Crippen molar-refractivity contribution in [3.8, 4) is 0 Å². The number of carbonyl (C=O) groups excluding carboxylic acids is 2. The molecule has 0 fully saturated rings. The van der Waals surface area contributed by atoms with Crippen molar-refractivity contribution in [1.82, 2.24) is 9.97 Å². The molecule has 0 radical (unpaired) electrons. The lowest BCUT2D eigenvalue weighted by Crippen LogP contribution is -2.18. The number of amides is 2. The molecule has 0 spiro atoms. The Morgan fingerprint density at radius 2 is 1.91 bits per heavy atom. The quantitative estimate of drug-likeness (QED) is 0.902. The van der Waals surface area contributed by atoms with Gasteiger partial charge in [0.25, 0.3) is 11.8 Å². The van der Waals surface area contributed by atoms with Crippen molar-refractivity contribution < 1.29 is 9.59 Å². The molecule has 0 saturated heterocycles. The number of rotatable bonds is 3. The van der Waals surface area contributed by atoms with Crippen LogP contribution in [0.2, 0.25) is 5.02 Å². The number of nitrogens with zero attached hydrogens (tertiary/aromatic N) is 2. The Morgan fingerprint density at radius 3 is 2.48 bits per heavy atom. The molecule has 0 aliphatic heterocycles. The Labute approximate surface area is 139 Å². The number of nitrogens with two attached hydrogens (primary N) is 1. The van der Waals surface area contributed by atoms with Crippen LogP contribution in [0, 0.1) is 0 Å². The highest BCUT2D eigenvalue weighted by Gasteiger charge is 2.19. The molecule has 120 valence electrons. The van der Waals surface area contributed by atoms with Crippen molar-refractivity contribution in [2.75, 3.05) is 5.32 Å². The summed E-state index contributed by atoms with van der Waals surface area (Å²) < 4.78 is 0. The van der Waals surface area contributed by atoms with E-state index >= 15 is 0 Å². The molecule has 23 heavy (non-hydrogen) atoms. The number of hydrogen-bond acceptors (Lipinski definition) is 4. The summed E-state index contributed by atoms with van der Waals surface area (Å²) in [5, 5.41) is 2.95. The minimum atomic E-state index is -0.671. The topological polar surface area (TPSA) is 98.0 Å². The summed E-state index contributed by atoms with van der Waals surface area (Å²) in [4.78, 5) is 31.5. The molecule has 2 heterocycles. The summed E-state index contributed by atoms with van der Waals surface area (Å²) in [5.74, 6) is -1.10. The molecule has 7 heteroatoms. The summed E-state index contributed by atoms with van der Waals surface area (Å²) in [5.41, 5.74) is 6.50. The molecule has 0 unspecified atom stereocenters. The second-order valence-corrected chi connectivity index (χ2v) is 6.45. The second kappa shape index (κ2) is 6.34. The van der Waals surface area contributed by atoms with Crippen LogP contribution in [0.15, 0.2) is 30.6 Å². The van der Waals surface area contributed by atoms with Gasteiger partial charge in [0, 0.05) is 29.2 Å². The van der Waals surface area contributed by atoms with Crippen molar-refractivity contribution in [1.29, 1.82) is 0 Å². The maximum atomic E-state index is 12.3. The van der Waals surface area contributed by atoms with E-state index in [1.165, 1.54) is 18.5 Å². The van der Waals surface area contributed by atoms with Gasteiger partial charge in [0.1, 0.15) is 5.69 Å². The van der Waals surface area contributed by atoms with Crippen LogP contribution in [-0.4, -0.2) is 21.8 Å². The zero-order valence-electron chi connectivity index (χ0n) is 13.1. The lowest BCUT2D eigenvalue weighted by Gasteiger charge is -2.18. The van der Waals surface area contributed by atoms with Gasteiger partial charge < -0.3 is 11.1 Å². The highest BCUT2D eigenvalue weighted by Crippen LogP contribution is 2.25. The Balaban J connectivity index is 2.24. The van der Waals surface area contributed by atoms with Crippen LogP contribution >= 0.6 is 11.6 Å². The van der Waals surface area contributed by atoms with E-state index in [9.17, 15) is 9.59 Å². The minimum Gasteiger partial charge on any atom is -0.364 e. The zero-order chi connectivity index (χ0) is 17.2. The molecule has 0 saturated carbocycles. The number of anilines is 1. The van der Waals surface area contributed by atoms with Gasteiger partial charge in [0.2, 0.25) is 0 Å². The third-order valence-electron chi connectivity index (χ3n) is 3.14. The first-order valence-electron chi connectivity index (χ1n) is 6.91. The molecular formula is C16H17ClN4O2. The maximum Gasteiger partial charge on any atom is 0.267 e. The first-order chi connectivity index (χ1) is 10.7. The lowest BCUT2D eigenvalue weighted by molar-refractivity contribution is 0.0992. The predicted molar refractivity (Wildman–Crippen MR) is 88.7 cm³/mol. The van der Waals surface area contributed by atoms with Crippen LogP contribution in [0.5, 0.6) is 0 Å². The molecule has 6 nitrogen and oxygen atoms in total. The maximum absolute atomic E-state index is 12.3. The van der Waals surface area contributed by atoms with E-state index in [4.69, 9.17) is 17.3 Å². The predicted octanol–water partition coefficient (Wildman–Crippen LogP) is 2.78. The number of aromatic nitrogens is 2. The third-order valence-corrected chi connectivity index (χ3v) is 3.45. The molecule has 0 bridgehead atoms. The van der Waals surface area contributed by atoms with Gasteiger partial charge in [-0.1, -0.05) is 32.4 Å². The normalized spacial score (nSPS) is 11.1. The number of nitrogens with one attached hydrogen (secondary N) is 1. The highest BCUT2D eigenvalue weighted by atomic mass is 35.5. The number of halogens is 1. The van der Waals surface area contributed by atoms with Crippen LogP contribution in [0.25, 0.3) is 0 Å². The fraction of sp³-hybridized carbons (Fsp3) is 0.250. The van der Waals surface area contributed by atoms with Crippen LogP contribution in [0.4, 0.5) is 5.69 Å². The molecule has 3 N–H and O–H groups in total. The van der Waals surface area contributed by atoms with E-state index in [1.807, 2.05) is 20.8 Å². The third kappa shape index (κ3) is 4.04. The minimum absolute atomic E-state index is 0.0649. The van der Waals surface area contributed by atoms with Gasteiger partial charge in [-0.2, -0.15) is 0 Å². The fourth-order valence-corrected chi connectivity index (χ4v) is 2.09. The summed E-state index contributed by atoms with van der Waals surface area (Å²) in [6.07, 6.45) is 2.83. The smallest absolute Gasteiger partial charge is 0.267 e. The molecule has 2 aromatic heterocycles. The van der Waals surface area contributed by atoms with Crippen LogP contribution < -0.4 is 11.1 Å². The summed E-state index contributed by atoms with van der Waals surface area (Å²) in [6, 6.07) is 4.62. The first kappa shape index (κ1) is 16.9. The van der Waals surface area contributed by atoms with Crippen molar-refractivity contribution in [2.45, 2.75) is 26.2 Å². The van der Waals surface area contributed by atoms with Gasteiger partial charge in [-0.15, -0.1) is 0 Å². The van der Waals surface area contributed by atoms with Gasteiger partial charge in [-0.3, -0.25) is 19.6 Å². The van der Waals surface area contributed by atoms with Crippen molar-refractivity contribution >= 4 is 29.1 Å². The Bertz CT molecular complexity index is 769. The van der Waals surface area contributed by atoms with Crippen molar-refractivity contribution in [3.63, 3.8) is 0 Å². The highest BCUT2D eigenvalue weighted by molar-refractivity contribution is 6.34. The summed E-state index contributed by atoms with van der Waals surface area (Å²) in [6.45, 7) is 6.02. The number of hydrogen-bond donors (Lipinski definition) is 2. The fourth-order valence-electron chi connectivity index (χ4n) is 1.85. The van der Waals surface area contributed by atoms with Gasteiger partial charge in [0.15, 0.2) is 0 Å². The zero-order valence-corrected chi connectivity index (χ0v) is 13.8. The number of carbonyl (C=O) groups is 2. The molecule has 0 aliphatic carbocycles. The van der Waals surface area contributed by atoms with E-state index < -0.39 is 11.8 Å². The van der Waals surface area contributed by atoms with Gasteiger partial charge in [-0.05, 0) is 18.2 Å². The molecule has 2 amide bonds. The average molecular weight is 333 g/mol. The van der Waals surface area contributed by atoms with Gasteiger partial charge >= 0.3 is 0 Å². The van der Waals surface area contributed by atoms with Crippen LogP contribution in [-0.2, 0) is 5.41 Å². The average Bonchev–Trinajstić information content (AvgIpc) is 2.46. The number of primary amides is 1. The van der Waals surface area contributed by atoms with E-state index in [1.54, 1.807) is 12.1 Å². The van der Waals surface area contributed by atoms with Crippen LogP contribution in [0.3, 0.4) is 0 Å². The monoisotopic (exact) mass is 332 g/mol. The summed E-state index contributed by atoms with van der Waals surface area (Å²) in [7, 11) is 0. The molecular weight excluding hydrogens is 316 g/mol. The standard InChI is InChI=1S/C16H17ClN4O2/c1-16(2,3)13-7-11(17)10(8-20-13)15(23)21-9-4-5-19-12(6-9)14(18)22/h4-8H,1-3H3,(H2,18,22)(H,19,21,23). The lowest BCUT2D eigenvalue weighted by atomic mass is 9.91. The van der Waals surface area contributed by atoms with E-state index in [0.29, 0.717) is 10.7 Å². The van der Waals surface area contributed by atoms with Gasteiger partial charge in [-0.25, -0.2) is 0 Å². The Morgan fingerprint density at radius 1 is 1.22 bits per heavy atom. The molecule has 2 rings (SSSR count). The summed E-state index contributed by atoms with van der Waals surface area (Å²) >= 11 is 6.19. The van der Waals surface area contributed by atoms with Crippen molar-refractivity contribution in [2.24, 2.45) is 5.73 Å². The SMILES string of the molecule is CC(C)(C)c1cc(Cl)c(C(=O)Nc2ccnc(C(N)=O)c2)cn1. The van der Waals surface area contributed by atoms with Gasteiger partial charge in [0.05, 0.1) is 10.6 Å².